The van der Waals surface area contributed by atoms with Crippen LogP contribution in [-0.4, -0.2) is 39.7 Å². The fourth-order valence-electron chi connectivity index (χ4n) is 3.68. The highest BCUT2D eigenvalue weighted by Gasteiger charge is 2.24. The molecule has 0 aliphatic heterocycles. The minimum Gasteiger partial charge on any atom is -0.857 e. The summed E-state index contributed by atoms with van der Waals surface area (Å²) < 4.78 is 12.8. The molecule has 0 bridgehead atoms. The van der Waals surface area contributed by atoms with E-state index < -0.39 is 5.90 Å². The second-order valence-corrected chi connectivity index (χ2v) is 8.27. The van der Waals surface area contributed by atoms with Crippen molar-refractivity contribution in [2.75, 3.05) is 7.11 Å². The largest absolute Gasteiger partial charge is 0.857 e. The molecule has 4 rings (SSSR count). The van der Waals surface area contributed by atoms with E-state index in [1.165, 1.54) is 17.8 Å². The number of thiophene rings is 1. The molecule has 0 radical (unpaired) electrons. The van der Waals surface area contributed by atoms with Crippen molar-refractivity contribution in [1.82, 2.24) is 20.6 Å². The maximum absolute atomic E-state index is 12.9. The standard InChI is InChI=1S/C19H23N5O3S/c1-10-5-4-6-12(7-10)27-16-13-9-14(26-3)11(2)8-15(13)28-17(16)18(25)20-19-21-23-24-22-19/h8-10,12H,4-7H2,1-3H3,(H2,20,21,22,23,24,25)/p-1/t10-,12+/m0/s1. The third-order valence-electron chi connectivity index (χ3n) is 5.06. The molecule has 28 heavy (non-hydrogen) atoms. The average Bonchev–Trinajstić information content (AvgIpc) is 3.29. The highest BCUT2D eigenvalue weighted by molar-refractivity contribution is 7.21. The molecule has 1 fully saturated rings. The fraction of sp³-hybridized carbons (Fsp3) is 0.474. The first-order valence-corrected chi connectivity index (χ1v) is 10.1. The fourth-order valence-corrected chi connectivity index (χ4v) is 4.78. The van der Waals surface area contributed by atoms with Gasteiger partial charge in [0, 0.05) is 16.0 Å². The zero-order chi connectivity index (χ0) is 19.7. The molecule has 2 heterocycles. The van der Waals surface area contributed by atoms with Crippen LogP contribution < -0.4 is 14.6 Å². The topological polar surface area (TPSA) is 108 Å². The van der Waals surface area contributed by atoms with Crippen LogP contribution in [0.3, 0.4) is 0 Å². The Balaban J connectivity index is 1.80. The van der Waals surface area contributed by atoms with Crippen molar-refractivity contribution in [2.45, 2.75) is 45.6 Å². The van der Waals surface area contributed by atoms with Crippen molar-refractivity contribution in [2.24, 2.45) is 10.9 Å². The third-order valence-corrected chi connectivity index (χ3v) is 6.18. The highest BCUT2D eigenvalue weighted by atomic mass is 32.1. The van der Waals surface area contributed by atoms with E-state index in [0.29, 0.717) is 16.5 Å². The first kappa shape index (κ1) is 18.7. The number of methoxy groups -OCH3 is 1. The van der Waals surface area contributed by atoms with Crippen LogP contribution in [0.4, 0.5) is 5.95 Å². The molecule has 1 N–H and O–H groups in total. The maximum atomic E-state index is 12.9. The summed E-state index contributed by atoms with van der Waals surface area (Å²) in [6.45, 7) is 4.22. The summed E-state index contributed by atoms with van der Waals surface area (Å²) in [5, 5.41) is 27.0. The summed E-state index contributed by atoms with van der Waals surface area (Å²) in [6.07, 6.45) is 4.41. The van der Waals surface area contributed by atoms with Crippen LogP contribution >= 0.6 is 11.3 Å². The molecule has 1 aliphatic rings. The molecule has 0 unspecified atom stereocenters. The summed E-state index contributed by atoms with van der Waals surface area (Å²) in [6, 6.07) is 3.95. The Bertz CT molecular complexity index is 999. The van der Waals surface area contributed by atoms with Crippen LogP contribution in [0.25, 0.3) is 10.1 Å². The van der Waals surface area contributed by atoms with Crippen molar-refractivity contribution in [3.05, 3.63) is 22.6 Å². The molecule has 9 heteroatoms. The number of nitrogens with zero attached hydrogens (tertiary/aromatic N) is 4. The van der Waals surface area contributed by atoms with Crippen LogP contribution in [0.5, 0.6) is 11.5 Å². The zero-order valence-electron chi connectivity index (χ0n) is 16.1. The molecule has 1 aromatic carbocycles. The van der Waals surface area contributed by atoms with Crippen molar-refractivity contribution >= 4 is 33.3 Å². The van der Waals surface area contributed by atoms with E-state index in [1.54, 1.807) is 7.11 Å². The van der Waals surface area contributed by atoms with Gasteiger partial charge in [-0.1, -0.05) is 18.4 Å². The zero-order valence-corrected chi connectivity index (χ0v) is 16.9. The molecule has 0 amide bonds. The predicted molar refractivity (Wildman–Crippen MR) is 106 cm³/mol. The van der Waals surface area contributed by atoms with Crippen LogP contribution in [-0.2, 0) is 0 Å². The Kier molecular flexibility index (Phi) is 5.17. The van der Waals surface area contributed by atoms with E-state index in [0.717, 1.165) is 40.7 Å². The van der Waals surface area contributed by atoms with E-state index in [2.05, 4.69) is 32.5 Å². The first-order chi connectivity index (χ1) is 13.5. The smallest absolute Gasteiger partial charge is 0.288 e. The number of fused-ring (bicyclic) bond motifs is 1. The first-order valence-electron chi connectivity index (χ1n) is 9.32. The number of tetrazole rings is 1. The number of rotatable bonds is 5. The normalized spacial score (nSPS) is 20.5. The van der Waals surface area contributed by atoms with Gasteiger partial charge in [-0.2, -0.15) is 5.21 Å². The summed E-state index contributed by atoms with van der Waals surface area (Å²) in [5.74, 6) is 1.53. The van der Waals surface area contributed by atoms with Gasteiger partial charge in [-0.25, -0.2) is 4.99 Å². The predicted octanol–water partition coefficient (Wildman–Crippen LogP) is 3.13. The lowest BCUT2D eigenvalue weighted by atomic mass is 9.88. The van der Waals surface area contributed by atoms with Gasteiger partial charge in [-0.3, -0.25) is 0 Å². The Labute approximate surface area is 166 Å². The van der Waals surface area contributed by atoms with E-state index in [1.807, 2.05) is 19.1 Å². The summed E-state index contributed by atoms with van der Waals surface area (Å²) in [5.41, 5.74) is 1.00. The van der Waals surface area contributed by atoms with Gasteiger partial charge < -0.3 is 14.6 Å². The molecule has 2 atom stereocenters. The van der Waals surface area contributed by atoms with Gasteiger partial charge in [-0.15, -0.1) is 16.4 Å². The van der Waals surface area contributed by atoms with E-state index >= 15 is 0 Å². The van der Waals surface area contributed by atoms with Crippen molar-refractivity contribution < 1.29 is 14.6 Å². The average molecular weight is 400 g/mol. The van der Waals surface area contributed by atoms with Crippen molar-refractivity contribution in [3.8, 4) is 11.5 Å². The summed E-state index contributed by atoms with van der Waals surface area (Å²) >= 11 is 1.37. The molecule has 0 spiro atoms. The van der Waals surface area contributed by atoms with E-state index in [4.69, 9.17) is 9.47 Å². The number of aromatic amines is 1. The van der Waals surface area contributed by atoms with Gasteiger partial charge in [0.05, 0.1) is 18.1 Å². The summed E-state index contributed by atoms with van der Waals surface area (Å²) in [7, 11) is 1.64. The molecular formula is C19H22N5O3S-. The second-order valence-electron chi connectivity index (χ2n) is 7.22. The monoisotopic (exact) mass is 400 g/mol. The molecule has 8 nitrogen and oxygen atoms in total. The van der Waals surface area contributed by atoms with Gasteiger partial charge in [0.1, 0.15) is 11.5 Å². The molecule has 1 saturated carbocycles. The number of nitrogens with one attached hydrogen (secondary N) is 1. The Morgan fingerprint density at radius 2 is 2.21 bits per heavy atom. The van der Waals surface area contributed by atoms with Crippen molar-refractivity contribution in [3.63, 3.8) is 0 Å². The van der Waals surface area contributed by atoms with Crippen molar-refractivity contribution in [1.29, 1.82) is 0 Å². The number of hydrogen-bond acceptors (Lipinski definition) is 8. The lowest BCUT2D eigenvalue weighted by Gasteiger charge is -2.28. The van der Waals surface area contributed by atoms with Crippen LogP contribution in [0, 0.1) is 12.8 Å². The number of H-pyrrole nitrogens is 1. The SMILES string of the molecule is COc1cc2c(O[C@@H]3CCC[C@H](C)C3)c(C([O-])=Nc3nn[nH]n3)sc2cc1C. The van der Waals surface area contributed by atoms with Gasteiger partial charge in [-0.05, 0) is 55.0 Å². The Hall–Kier alpha value is -2.68. The molecule has 3 aromatic rings. The van der Waals surface area contributed by atoms with Crippen LogP contribution in [0.15, 0.2) is 17.1 Å². The number of aromatic nitrogens is 4. The van der Waals surface area contributed by atoms with Gasteiger partial charge in [0.15, 0.2) is 0 Å². The van der Waals surface area contributed by atoms with Crippen LogP contribution in [0.2, 0.25) is 0 Å². The number of hydrogen-bond donors (Lipinski definition) is 1. The van der Waals surface area contributed by atoms with Gasteiger partial charge in [0.2, 0.25) is 0 Å². The second kappa shape index (κ2) is 7.75. The number of benzene rings is 1. The lowest BCUT2D eigenvalue weighted by Crippen LogP contribution is -2.25. The minimum atomic E-state index is -0.432. The van der Waals surface area contributed by atoms with E-state index in [-0.39, 0.29) is 12.1 Å². The molecule has 0 saturated heterocycles. The Morgan fingerprint density at radius 3 is 2.93 bits per heavy atom. The third kappa shape index (κ3) is 3.66. The van der Waals surface area contributed by atoms with Gasteiger partial charge >= 0.3 is 0 Å². The number of ether oxygens (including phenoxy) is 2. The maximum Gasteiger partial charge on any atom is 0.288 e. The van der Waals surface area contributed by atoms with E-state index in [9.17, 15) is 5.11 Å². The molecule has 148 valence electrons. The number of aliphatic imine (C=N–C) groups is 1. The molecule has 2 aromatic heterocycles. The lowest BCUT2D eigenvalue weighted by molar-refractivity contribution is -0.212. The van der Waals surface area contributed by atoms with Crippen LogP contribution in [0.1, 0.15) is 43.0 Å². The van der Waals surface area contributed by atoms with Gasteiger partial charge in [0.25, 0.3) is 5.95 Å². The minimum absolute atomic E-state index is 0.00783. The summed E-state index contributed by atoms with van der Waals surface area (Å²) in [4.78, 5) is 4.41. The quantitative estimate of drug-likeness (QED) is 0.521. The number of aryl methyl sites for hydroxylation is 1. The Morgan fingerprint density at radius 1 is 1.36 bits per heavy atom. The molecule has 1 aliphatic carbocycles. The highest BCUT2D eigenvalue weighted by Crippen LogP contribution is 2.42. The molecular weight excluding hydrogens is 378 g/mol.